The SMILES string of the molecule is CCOC(=O)CC(NCCS)C(=O)OCC.Cl. The Morgan fingerprint density at radius 2 is 1.82 bits per heavy atom. The van der Waals surface area contributed by atoms with Gasteiger partial charge in [0.05, 0.1) is 19.6 Å². The molecule has 102 valence electrons. The molecule has 1 unspecified atom stereocenters. The third kappa shape index (κ3) is 9.26. The van der Waals surface area contributed by atoms with Crippen molar-refractivity contribution in [1.29, 1.82) is 0 Å². The summed E-state index contributed by atoms with van der Waals surface area (Å²) in [6.07, 6.45) is -0.0134. The standard InChI is InChI=1S/C10H19NO4S.ClH/c1-3-14-9(12)7-8(11-5-6-16)10(13)15-4-2;/h8,11,16H,3-7H2,1-2H3;1H. The van der Waals surface area contributed by atoms with Crippen molar-refractivity contribution in [3.63, 3.8) is 0 Å². The van der Waals surface area contributed by atoms with Crippen LogP contribution in [0.3, 0.4) is 0 Å². The van der Waals surface area contributed by atoms with E-state index in [9.17, 15) is 9.59 Å². The maximum atomic E-state index is 11.5. The van der Waals surface area contributed by atoms with E-state index in [0.717, 1.165) is 0 Å². The molecule has 0 aromatic heterocycles. The summed E-state index contributed by atoms with van der Waals surface area (Å²) < 4.78 is 9.62. The lowest BCUT2D eigenvalue weighted by molar-refractivity contribution is -0.152. The summed E-state index contributed by atoms with van der Waals surface area (Å²) in [5, 5.41) is 2.89. The first-order valence-electron chi connectivity index (χ1n) is 5.32. The number of carbonyl (C=O) groups excluding carboxylic acids is 2. The van der Waals surface area contributed by atoms with Crippen LogP contribution in [0, 0.1) is 0 Å². The van der Waals surface area contributed by atoms with E-state index in [-0.39, 0.29) is 18.8 Å². The quantitative estimate of drug-likeness (QED) is 0.510. The van der Waals surface area contributed by atoms with E-state index >= 15 is 0 Å². The van der Waals surface area contributed by atoms with Gasteiger partial charge in [-0.1, -0.05) is 0 Å². The topological polar surface area (TPSA) is 64.6 Å². The van der Waals surface area contributed by atoms with Gasteiger partial charge in [0.25, 0.3) is 0 Å². The molecule has 5 nitrogen and oxygen atoms in total. The number of nitrogens with one attached hydrogen (secondary N) is 1. The molecule has 0 spiro atoms. The Kier molecular flexibility index (Phi) is 13.3. The number of rotatable bonds is 8. The lowest BCUT2D eigenvalue weighted by atomic mass is 10.2. The predicted octanol–water partition coefficient (Wildman–Crippen LogP) is 0.812. The molecule has 0 radical (unpaired) electrons. The molecule has 0 aromatic rings. The first-order valence-corrected chi connectivity index (χ1v) is 5.95. The van der Waals surface area contributed by atoms with Crippen LogP contribution in [0.5, 0.6) is 0 Å². The highest BCUT2D eigenvalue weighted by Crippen LogP contribution is 1.99. The number of thiol groups is 1. The van der Waals surface area contributed by atoms with Crippen LogP contribution in [0.4, 0.5) is 0 Å². The van der Waals surface area contributed by atoms with Gasteiger partial charge in [-0.2, -0.15) is 12.6 Å². The molecule has 0 aromatic carbocycles. The van der Waals surface area contributed by atoms with Gasteiger partial charge in [0, 0.05) is 12.3 Å². The highest BCUT2D eigenvalue weighted by atomic mass is 35.5. The molecule has 0 aliphatic heterocycles. The zero-order valence-electron chi connectivity index (χ0n) is 10.1. The van der Waals surface area contributed by atoms with Crippen molar-refractivity contribution in [3.8, 4) is 0 Å². The third-order valence-corrected chi connectivity index (χ3v) is 1.97. The molecule has 0 rings (SSSR count). The minimum absolute atomic E-state index is 0. The van der Waals surface area contributed by atoms with Crippen LogP contribution in [-0.4, -0.2) is 43.5 Å². The minimum Gasteiger partial charge on any atom is -0.466 e. The molecule has 0 aliphatic rings. The molecule has 1 atom stereocenters. The van der Waals surface area contributed by atoms with E-state index in [0.29, 0.717) is 25.5 Å². The highest BCUT2D eigenvalue weighted by Gasteiger charge is 2.22. The second-order valence-electron chi connectivity index (χ2n) is 2.99. The third-order valence-electron chi connectivity index (χ3n) is 1.75. The minimum atomic E-state index is -0.647. The molecule has 0 saturated heterocycles. The zero-order valence-corrected chi connectivity index (χ0v) is 11.8. The zero-order chi connectivity index (χ0) is 12.4. The fourth-order valence-electron chi connectivity index (χ4n) is 1.11. The first kappa shape index (κ1) is 18.9. The summed E-state index contributed by atoms with van der Waals surface area (Å²) in [6, 6.07) is -0.647. The van der Waals surface area contributed by atoms with Crippen LogP contribution >= 0.6 is 25.0 Å². The predicted molar refractivity (Wildman–Crippen MR) is 70.8 cm³/mol. The summed E-state index contributed by atoms with van der Waals surface area (Å²) in [7, 11) is 0. The van der Waals surface area contributed by atoms with Gasteiger partial charge in [-0.15, -0.1) is 12.4 Å². The summed E-state index contributed by atoms with van der Waals surface area (Å²) in [4.78, 5) is 22.7. The summed E-state index contributed by atoms with van der Waals surface area (Å²) in [6.45, 7) is 4.57. The first-order chi connectivity index (χ1) is 7.65. The number of hydrogen-bond donors (Lipinski definition) is 2. The van der Waals surface area contributed by atoms with Crippen molar-refractivity contribution in [2.75, 3.05) is 25.5 Å². The van der Waals surface area contributed by atoms with Gasteiger partial charge < -0.3 is 14.8 Å². The van der Waals surface area contributed by atoms with Gasteiger partial charge in [-0.3, -0.25) is 9.59 Å². The van der Waals surface area contributed by atoms with E-state index in [2.05, 4.69) is 17.9 Å². The molecule has 0 fully saturated rings. The Hall–Kier alpha value is -0.460. The van der Waals surface area contributed by atoms with Gasteiger partial charge >= 0.3 is 11.9 Å². The molecular weight excluding hydrogens is 266 g/mol. The van der Waals surface area contributed by atoms with Gasteiger partial charge in [0.2, 0.25) is 0 Å². The fourth-order valence-corrected chi connectivity index (χ4v) is 1.24. The molecular formula is C10H20ClNO4S. The molecule has 17 heavy (non-hydrogen) atoms. The number of esters is 2. The van der Waals surface area contributed by atoms with Crippen molar-refractivity contribution < 1.29 is 19.1 Å². The number of hydrogen-bond acceptors (Lipinski definition) is 6. The van der Waals surface area contributed by atoms with Gasteiger partial charge in [0.1, 0.15) is 6.04 Å². The Morgan fingerprint density at radius 3 is 2.29 bits per heavy atom. The average Bonchev–Trinajstić information content (AvgIpc) is 2.24. The smallest absolute Gasteiger partial charge is 0.323 e. The summed E-state index contributed by atoms with van der Waals surface area (Å²) in [5.74, 6) is -0.261. The van der Waals surface area contributed by atoms with Crippen molar-refractivity contribution in [1.82, 2.24) is 5.32 Å². The summed E-state index contributed by atoms with van der Waals surface area (Å²) >= 11 is 4.02. The van der Waals surface area contributed by atoms with Gasteiger partial charge in [-0.25, -0.2) is 0 Å². The molecule has 0 heterocycles. The summed E-state index contributed by atoms with van der Waals surface area (Å²) in [5.41, 5.74) is 0. The van der Waals surface area contributed by atoms with Crippen LogP contribution in [0.2, 0.25) is 0 Å². The van der Waals surface area contributed by atoms with Crippen LogP contribution in [0.15, 0.2) is 0 Å². The largest absolute Gasteiger partial charge is 0.466 e. The number of carbonyl (C=O) groups is 2. The Labute approximate surface area is 113 Å². The second kappa shape index (κ2) is 12.0. The van der Waals surface area contributed by atoms with Crippen LogP contribution in [0.1, 0.15) is 20.3 Å². The van der Waals surface area contributed by atoms with Crippen molar-refractivity contribution in [3.05, 3.63) is 0 Å². The average molecular weight is 286 g/mol. The number of halogens is 1. The molecule has 0 aliphatic carbocycles. The lowest BCUT2D eigenvalue weighted by Gasteiger charge is -2.15. The molecule has 7 heteroatoms. The van der Waals surface area contributed by atoms with Crippen molar-refractivity contribution in [2.45, 2.75) is 26.3 Å². The fraction of sp³-hybridized carbons (Fsp3) is 0.800. The Morgan fingerprint density at radius 1 is 1.24 bits per heavy atom. The van der Waals surface area contributed by atoms with E-state index in [1.807, 2.05) is 0 Å². The van der Waals surface area contributed by atoms with E-state index in [4.69, 9.17) is 9.47 Å². The van der Waals surface area contributed by atoms with Gasteiger partial charge in [0.15, 0.2) is 0 Å². The van der Waals surface area contributed by atoms with E-state index in [1.54, 1.807) is 13.8 Å². The highest BCUT2D eigenvalue weighted by molar-refractivity contribution is 7.80. The van der Waals surface area contributed by atoms with Gasteiger partial charge in [-0.05, 0) is 13.8 Å². The van der Waals surface area contributed by atoms with E-state index < -0.39 is 18.0 Å². The van der Waals surface area contributed by atoms with Crippen molar-refractivity contribution >= 4 is 37.0 Å². The lowest BCUT2D eigenvalue weighted by Crippen LogP contribution is -2.41. The van der Waals surface area contributed by atoms with Crippen LogP contribution in [0.25, 0.3) is 0 Å². The van der Waals surface area contributed by atoms with Crippen LogP contribution in [-0.2, 0) is 19.1 Å². The molecule has 0 amide bonds. The monoisotopic (exact) mass is 285 g/mol. The van der Waals surface area contributed by atoms with E-state index in [1.165, 1.54) is 0 Å². The Balaban J connectivity index is 0. The normalized spacial score (nSPS) is 11.2. The molecule has 0 saturated carbocycles. The Bertz CT molecular complexity index is 228. The second-order valence-corrected chi connectivity index (χ2v) is 3.44. The van der Waals surface area contributed by atoms with Crippen LogP contribution < -0.4 is 5.32 Å². The number of ether oxygens (including phenoxy) is 2. The molecule has 0 bridgehead atoms. The molecule has 1 N–H and O–H groups in total. The maximum absolute atomic E-state index is 11.5. The maximum Gasteiger partial charge on any atom is 0.323 e. The van der Waals surface area contributed by atoms with Crippen molar-refractivity contribution in [2.24, 2.45) is 0 Å².